The fraction of sp³-hybridized carbons (Fsp3) is 0.310. The summed E-state index contributed by atoms with van der Waals surface area (Å²) in [5, 5.41) is 10.3. The van der Waals surface area contributed by atoms with Crippen molar-refractivity contribution in [2.75, 3.05) is 14.2 Å². The summed E-state index contributed by atoms with van der Waals surface area (Å²) in [7, 11) is 3.10. The molecule has 35 heavy (non-hydrogen) atoms. The number of carbonyl (C=O) groups is 2. The van der Waals surface area contributed by atoms with Crippen LogP contribution >= 0.6 is 0 Å². The van der Waals surface area contributed by atoms with Crippen LogP contribution in [0.2, 0.25) is 0 Å². The van der Waals surface area contributed by atoms with E-state index >= 15 is 0 Å². The molecular formula is C29H28O6. The Morgan fingerprint density at radius 3 is 1.63 bits per heavy atom. The van der Waals surface area contributed by atoms with E-state index in [0.717, 1.165) is 0 Å². The Bertz CT molecular complexity index is 1170. The minimum atomic E-state index is -0.964. The van der Waals surface area contributed by atoms with Gasteiger partial charge in [0.25, 0.3) is 0 Å². The zero-order valence-electron chi connectivity index (χ0n) is 19.7. The first-order chi connectivity index (χ1) is 17.0. The Labute approximate surface area is 204 Å². The van der Waals surface area contributed by atoms with Crippen LogP contribution in [0.15, 0.2) is 72.8 Å². The summed E-state index contributed by atoms with van der Waals surface area (Å²) in [4.78, 5) is 26.3. The average Bonchev–Trinajstić information content (AvgIpc) is 3.26. The summed E-state index contributed by atoms with van der Waals surface area (Å²) < 4.78 is 17.2. The third kappa shape index (κ3) is 4.03. The van der Waals surface area contributed by atoms with Gasteiger partial charge in [0.15, 0.2) is 0 Å². The van der Waals surface area contributed by atoms with Gasteiger partial charge in [0.05, 0.1) is 26.1 Å². The number of carboxylic acid groups (broad SMARTS) is 1. The molecule has 180 valence electrons. The van der Waals surface area contributed by atoms with Gasteiger partial charge >= 0.3 is 11.9 Å². The number of hydrogen-bond donors (Lipinski definition) is 1. The Kier molecular flexibility index (Phi) is 6.20. The number of fused-ring (bicyclic) bond motifs is 1. The number of rotatable bonds is 7. The number of benzene rings is 3. The third-order valence-electron chi connectivity index (χ3n) is 7.40. The molecule has 3 aromatic carbocycles. The van der Waals surface area contributed by atoms with Crippen LogP contribution in [0.1, 0.15) is 34.1 Å². The largest absolute Gasteiger partial charge is 0.496 e. The Morgan fingerprint density at radius 1 is 0.714 bits per heavy atom. The molecule has 5 rings (SSSR count). The molecule has 0 amide bonds. The van der Waals surface area contributed by atoms with Crippen LogP contribution in [0, 0.1) is 11.8 Å². The second kappa shape index (κ2) is 9.45. The summed E-state index contributed by atoms with van der Waals surface area (Å²) in [6.07, 6.45) is 1.06. The van der Waals surface area contributed by atoms with Crippen molar-refractivity contribution in [3.63, 3.8) is 0 Å². The van der Waals surface area contributed by atoms with Crippen LogP contribution in [0.5, 0.6) is 11.5 Å². The molecule has 0 aromatic heterocycles. The predicted molar refractivity (Wildman–Crippen MR) is 130 cm³/mol. The molecule has 1 fully saturated rings. The predicted octanol–water partition coefficient (Wildman–Crippen LogP) is 4.61. The fourth-order valence-electron chi connectivity index (χ4n) is 5.85. The van der Waals surface area contributed by atoms with Crippen molar-refractivity contribution in [3.8, 4) is 11.5 Å². The lowest BCUT2D eigenvalue weighted by molar-refractivity contribution is -0.167. The lowest BCUT2D eigenvalue weighted by Crippen LogP contribution is -2.52. The number of carboxylic acids is 1. The second-order valence-corrected chi connectivity index (χ2v) is 9.16. The van der Waals surface area contributed by atoms with Crippen molar-refractivity contribution in [2.24, 2.45) is 11.8 Å². The van der Waals surface area contributed by atoms with Crippen molar-refractivity contribution in [2.45, 2.75) is 30.8 Å². The summed E-state index contributed by atoms with van der Waals surface area (Å²) in [5.74, 6) is -2.92. The van der Waals surface area contributed by atoms with Crippen LogP contribution in [0.4, 0.5) is 0 Å². The van der Waals surface area contributed by atoms with Crippen LogP contribution in [0.25, 0.3) is 0 Å². The number of para-hydroxylation sites is 2. The molecule has 0 spiro atoms. The first-order valence-electron chi connectivity index (χ1n) is 11.8. The topological polar surface area (TPSA) is 82.1 Å². The first kappa shape index (κ1) is 23.0. The summed E-state index contributed by atoms with van der Waals surface area (Å²) in [6, 6.07) is 22.7. The standard InChI is InChI=1S/C29H28O6/c1-33-22-13-7-5-11-20(22)24-26(28(30)31)25(21-12-6-8-14-23(21)34-2)27(24)29(32)35-19-15-17-9-3-4-10-18(17)16-19/h3-14,19,24-27H,15-16H2,1-2H3,(H,30,31)/t24-,25-,26?,27?/m1/s1. The van der Waals surface area contributed by atoms with Crippen molar-refractivity contribution >= 4 is 11.9 Å². The molecule has 2 aliphatic rings. The van der Waals surface area contributed by atoms with E-state index in [1.807, 2.05) is 48.5 Å². The van der Waals surface area contributed by atoms with Crippen molar-refractivity contribution in [3.05, 3.63) is 95.1 Å². The Hall–Kier alpha value is -3.80. The maximum Gasteiger partial charge on any atom is 0.310 e. The maximum atomic E-state index is 13.8. The van der Waals surface area contributed by atoms with E-state index in [1.165, 1.54) is 11.1 Å². The van der Waals surface area contributed by atoms with Crippen molar-refractivity contribution < 1.29 is 28.9 Å². The van der Waals surface area contributed by atoms with Gasteiger partial charge in [-0.15, -0.1) is 0 Å². The fourth-order valence-corrected chi connectivity index (χ4v) is 5.85. The number of carbonyl (C=O) groups excluding carboxylic acids is 1. The normalized spacial score (nSPS) is 23.1. The highest BCUT2D eigenvalue weighted by molar-refractivity contribution is 5.85. The van der Waals surface area contributed by atoms with Crippen LogP contribution < -0.4 is 9.47 Å². The zero-order valence-corrected chi connectivity index (χ0v) is 19.7. The van der Waals surface area contributed by atoms with E-state index in [-0.39, 0.29) is 12.1 Å². The Morgan fingerprint density at radius 2 is 1.17 bits per heavy atom. The molecule has 0 heterocycles. The molecule has 2 aliphatic carbocycles. The molecule has 6 nitrogen and oxygen atoms in total. The third-order valence-corrected chi connectivity index (χ3v) is 7.40. The van der Waals surface area contributed by atoms with Crippen LogP contribution in [0.3, 0.4) is 0 Å². The zero-order chi connectivity index (χ0) is 24.5. The summed E-state index contributed by atoms with van der Waals surface area (Å²) in [5.41, 5.74) is 3.77. The van der Waals surface area contributed by atoms with Gasteiger partial charge in [-0.2, -0.15) is 0 Å². The molecule has 2 atom stereocenters. The molecule has 3 aromatic rings. The average molecular weight is 473 g/mol. The quantitative estimate of drug-likeness (QED) is 0.506. The van der Waals surface area contributed by atoms with Crippen LogP contribution in [-0.2, 0) is 27.2 Å². The molecule has 6 heteroatoms. The molecule has 0 bridgehead atoms. The van der Waals surface area contributed by atoms with Gasteiger partial charge in [0, 0.05) is 24.7 Å². The highest BCUT2D eigenvalue weighted by Crippen LogP contribution is 2.60. The van der Waals surface area contributed by atoms with E-state index in [0.29, 0.717) is 35.5 Å². The number of ether oxygens (including phenoxy) is 3. The van der Waals surface area contributed by atoms with Gasteiger partial charge in [-0.25, -0.2) is 0 Å². The molecule has 0 aliphatic heterocycles. The highest BCUT2D eigenvalue weighted by Gasteiger charge is 2.60. The van der Waals surface area contributed by atoms with Gasteiger partial charge < -0.3 is 19.3 Å². The van der Waals surface area contributed by atoms with Gasteiger partial charge in [0.2, 0.25) is 0 Å². The van der Waals surface area contributed by atoms with E-state index < -0.39 is 29.6 Å². The number of aliphatic carboxylic acids is 1. The van der Waals surface area contributed by atoms with Crippen molar-refractivity contribution in [1.29, 1.82) is 0 Å². The highest BCUT2D eigenvalue weighted by atomic mass is 16.5. The summed E-state index contributed by atoms with van der Waals surface area (Å²) in [6.45, 7) is 0. The molecule has 0 unspecified atom stereocenters. The smallest absolute Gasteiger partial charge is 0.310 e. The minimum Gasteiger partial charge on any atom is -0.496 e. The second-order valence-electron chi connectivity index (χ2n) is 9.16. The van der Waals surface area contributed by atoms with E-state index in [9.17, 15) is 14.7 Å². The van der Waals surface area contributed by atoms with Gasteiger partial charge in [-0.3, -0.25) is 9.59 Å². The number of esters is 1. The molecule has 0 radical (unpaired) electrons. The van der Waals surface area contributed by atoms with E-state index in [2.05, 4.69) is 12.1 Å². The monoisotopic (exact) mass is 472 g/mol. The molecular weight excluding hydrogens is 444 g/mol. The van der Waals surface area contributed by atoms with Crippen molar-refractivity contribution in [1.82, 2.24) is 0 Å². The van der Waals surface area contributed by atoms with Gasteiger partial charge in [-0.1, -0.05) is 60.7 Å². The lowest BCUT2D eigenvalue weighted by atomic mass is 9.52. The van der Waals surface area contributed by atoms with E-state index in [1.54, 1.807) is 26.4 Å². The first-order valence-corrected chi connectivity index (χ1v) is 11.8. The lowest BCUT2D eigenvalue weighted by Gasteiger charge is -2.49. The van der Waals surface area contributed by atoms with Crippen LogP contribution in [-0.4, -0.2) is 37.4 Å². The maximum absolute atomic E-state index is 13.8. The molecule has 1 saturated carbocycles. The molecule has 1 N–H and O–H groups in total. The number of hydrogen-bond acceptors (Lipinski definition) is 5. The minimum absolute atomic E-state index is 0.264. The van der Waals surface area contributed by atoms with Gasteiger partial charge in [0.1, 0.15) is 17.6 Å². The Balaban J connectivity index is 1.53. The summed E-state index contributed by atoms with van der Waals surface area (Å²) >= 11 is 0. The van der Waals surface area contributed by atoms with E-state index in [4.69, 9.17) is 14.2 Å². The number of methoxy groups -OCH3 is 2. The SMILES string of the molecule is COc1ccccc1[C@@H]1C(C(=O)O)[C@@H](c2ccccc2OC)C1C(=O)OC1Cc2ccccc2C1. The molecule has 0 saturated heterocycles. The van der Waals surface area contributed by atoms with Gasteiger partial charge in [-0.05, 0) is 34.4 Å².